The van der Waals surface area contributed by atoms with Crippen LogP contribution in [-0.2, 0) is 18.0 Å². The Labute approximate surface area is 195 Å². The first-order valence-corrected chi connectivity index (χ1v) is 11.1. The fourth-order valence-electron chi connectivity index (χ4n) is 4.42. The fourth-order valence-corrected chi connectivity index (χ4v) is 4.42. The Morgan fingerprint density at radius 1 is 1.03 bits per heavy atom. The lowest BCUT2D eigenvalue weighted by atomic mass is 9.94. The number of carbonyl (C=O) groups is 2. The van der Waals surface area contributed by atoms with Crippen LogP contribution in [0.15, 0.2) is 24.5 Å². The Morgan fingerprint density at radius 2 is 1.71 bits per heavy atom. The predicted octanol–water partition coefficient (Wildman–Crippen LogP) is 2.04. The van der Waals surface area contributed by atoms with Gasteiger partial charge >= 0.3 is 6.18 Å². The highest BCUT2D eigenvalue weighted by Gasteiger charge is 2.34. The van der Waals surface area contributed by atoms with Crippen molar-refractivity contribution < 1.29 is 27.5 Å². The molecular formula is C22H27F3N6O3. The molecule has 2 aliphatic heterocycles. The molecule has 0 spiro atoms. The summed E-state index contributed by atoms with van der Waals surface area (Å²) in [5.74, 6) is 0.499. The first-order valence-electron chi connectivity index (χ1n) is 11.1. The molecule has 34 heavy (non-hydrogen) atoms. The smallest absolute Gasteiger partial charge is 0.417 e. The second-order valence-corrected chi connectivity index (χ2v) is 8.51. The zero-order valence-corrected chi connectivity index (χ0v) is 19.1. The second-order valence-electron chi connectivity index (χ2n) is 8.51. The minimum atomic E-state index is -4.42. The molecule has 2 saturated heterocycles. The number of amides is 2. The summed E-state index contributed by atoms with van der Waals surface area (Å²) in [4.78, 5) is 35.2. The van der Waals surface area contributed by atoms with Crippen molar-refractivity contribution in [1.82, 2.24) is 24.6 Å². The lowest BCUT2D eigenvalue weighted by Gasteiger charge is -2.39. The summed E-state index contributed by atoms with van der Waals surface area (Å²) >= 11 is 0. The number of anilines is 1. The van der Waals surface area contributed by atoms with Crippen molar-refractivity contribution >= 4 is 17.6 Å². The predicted molar refractivity (Wildman–Crippen MR) is 116 cm³/mol. The maximum absolute atomic E-state index is 13.0. The van der Waals surface area contributed by atoms with E-state index in [1.54, 1.807) is 23.0 Å². The van der Waals surface area contributed by atoms with Crippen LogP contribution in [0.2, 0.25) is 0 Å². The van der Waals surface area contributed by atoms with E-state index in [1.807, 2.05) is 4.90 Å². The minimum Gasteiger partial charge on any atom is -0.479 e. The number of hydrogen-bond donors (Lipinski definition) is 0. The normalized spacial score (nSPS) is 17.7. The number of aryl methyl sites for hydroxylation is 1. The van der Waals surface area contributed by atoms with Crippen molar-refractivity contribution in [2.45, 2.75) is 19.0 Å². The molecule has 2 aliphatic rings. The van der Waals surface area contributed by atoms with Gasteiger partial charge in [0.25, 0.3) is 5.91 Å². The van der Waals surface area contributed by atoms with Crippen LogP contribution < -0.4 is 9.64 Å². The van der Waals surface area contributed by atoms with Gasteiger partial charge in [0, 0.05) is 64.6 Å². The number of aromatic nitrogens is 3. The van der Waals surface area contributed by atoms with E-state index in [4.69, 9.17) is 4.74 Å². The number of ether oxygens (including phenoxy) is 1. The molecule has 0 saturated carbocycles. The number of alkyl halides is 3. The summed E-state index contributed by atoms with van der Waals surface area (Å²) < 4.78 is 44.9. The van der Waals surface area contributed by atoms with E-state index < -0.39 is 11.7 Å². The van der Waals surface area contributed by atoms with Gasteiger partial charge in [-0.25, -0.2) is 4.98 Å². The molecule has 0 unspecified atom stereocenters. The molecule has 2 aromatic heterocycles. The van der Waals surface area contributed by atoms with E-state index in [-0.39, 0.29) is 23.6 Å². The molecule has 2 aromatic rings. The van der Waals surface area contributed by atoms with Gasteiger partial charge in [0.15, 0.2) is 0 Å². The number of pyridine rings is 1. The summed E-state index contributed by atoms with van der Waals surface area (Å²) in [5.41, 5.74) is -0.375. The minimum absolute atomic E-state index is 0.0612. The topological polar surface area (TPSA) is 83.8 Å². The van der Waals surface area contributed by atoms with Crippen LogP contribution in [0.1, 0.15) is 28.8 Å². The van der Waals surface area contributed by atoms with Crippen LogP contribution in [0.4, 0.5) is 19.0 Å². The van der Waals surface area contributed by atoms with Gasteiger partial charge in [-0.15, -0.1) is 5.10 Å². The highest BCUT2D eigenvalue weighted by Crippen LogP contribution is 2.30. The largest absolute Gasteiger partial charge is 0.479 e. The number of rotatable bonds is 4. The van der Waals surface area contributed by atoms with E-state index in [0.717, 1.165) is 12.3 Å². The Morgan fingerprint density at radius 3 is 2.26 bits per heavy atom. The van der Waals surface area contributed by atoms with Crippen molar-refractivity contribution in [2.24, 2.45) is 13.0 Å². The van der Waals surface area contributed by atoms with E-state index in [0.29, 0.717) is 63.5 Å². The molecule has 2 fully saturated rings. The summed E-state index contributed by atoms with van der Waals surface area (Å²) in [6.45, 7) is 2.91. The zero-order chi connectivity index (χ0) is 24.5. The van der Waals surface area contributed by atoms with Gasteiger partial charge < -0.3 is 19.4 Å². The lowest BCUT2D eigenvalue weighted by Crippen LogP contribution is -2.52. The molecule has 9 nitrogen and oxygen atoms in total. The van der Waals surface area contributed by atoms with Crippen molar-refractivity contribution in [3.8, 4) is 5.88 Å². The average Bonchev–Trinajstić information content (AvgIpc) is 3.23. The molecule has 0 N–H and O–H groups in total. The third kappa shape index (κ3) is 4.95. The van der Waals surface area contributed by atoms with Gasteiger partial charge in [-0.3, -0.25) is 14.3 Å². The van der Waals surface area contributed by atoms with Crippen LogP contribution in [0, 0.1) is 5.92 Å². The van der Waals surface area contributed by atoms with Gasteiger partial charge in [0.05, 0.1) is 12.7 Å². The Bertz CT molecular complexity index is 1020. The quantitative estimate of drug-likeness (QED) is 0.666. The summed E-state index contributed by atoms with van der Waals surface area (Å²) in [6, 6.07) is 2.39. The molecule has 0 atom stereocenters. The summed E-state index contributed by atoms with van der Waals surface area (Å²) in [7, 11) is 3.19. The van der Waals surface area contributed by atoms with Crippen LogP contribution in [-0.4, -0.2) is 82.8 Å². The molecule has 2 amide bonds. The number of piperidine rings is 1. The molecule has 0 aliphatic carbocycles. The second kappa shape index (κ2) is 9.51. The number of piperazine rings is 1. The van der Waals surface area contributed by atoms with E-state index in [1.165, 1.54) is 17.9 Å². The molecule has 0 bridgehead atoms. The first-order chi connectivity index (χ1) is 16.2. The van der Waals surface area contributed by atoms with Crippen LogP contribution in [0.25, 0.3) is 0 Å². The van der Waals surface area contributed by atoms with Gasteiger partial charge in [0.1, 0.15) is 11.4 Å². The summed E-state index contributed by atoms with van der Waals surface area (Å²) in [5, 5.41) is 4.12. The Balaban J connectivity index is 1.28. The lowest BCUT2D eigenvalue weighted by molar-refractivity contribution is -0.138. The standard InChI is InChI=1S/C22H27F3N6O3/c1-28-14-17(19(27-28)34-2)21(33)30-7-5-15(6-8-30)20(32)31-11-9-29(10-12-31)18-4-3-16(13-26-18)22(23,24)25/h3-4,13-15H,5-12H2,1-2H3. The first kappa shape index (κ1) is 23.8. The third-order valence-electron chi connectivity index (χ3n) is 6.34. The fraction of sp³-hybridized carbons (Fsp3) is 0.545. The van der Waals surface area contributed by atoms with E-state index in [9.17, 15) is 22.8 Å². The maximum Gasteiger partial charge on any atom is 0.417 e. The Hall–Kier alpha value is -3.31. The molecular weight excluding hydrogens is 453 g/mol. The van der Waals surface area contributed by atoms with E-state index in [2.05, 4.69) is 10.1 Å². The molecule has 4 heterocycles. The molecule has 12 heteroatoms. The highest BCUT2D eigenvalue weighted by atomic mass is 19.4. The van der Waals surface area contributed by atoms with Crippen molar-refractivity contribution in [2.75, 3.05) is 51.3 Å². The summed E-state index contributed by atoms with van der Waals surface area (Å²) in [6.07, 6.45) is -0.797. The highest BCUT2D eigenvalue weighted by molar-refractivity contribution is 5.96. The van der Waals surface area contributed by atoms with Crippen LogP contribution in [0.3, 0.4) is 0 Å². The third-order valence-corrected chi connectivity index (χ3v) is 6.34. The van der Waals surface area contributed by atoms with Gasteiger partial charge in [0.2, 0.25) is 11.8 Å². The van der Waals surface area contributed by atoms with Crippen LogP contribution >= 0.6 is 0 Å². The molecule has 0 aromatic carbocycles. The number of nitrogens with zero attached hydrogens (tertiary/aromatic N) is 6. The Kier molecular flexibility index (Phi) is 6.67. The van der Waals surface area contributed by atoms with Crippen LogP contribution in [0.5, 0.6) is 5.88 Å². The van der Waals surface area contributed by atoms with Gasteiger partial charge in [-0.05, 0) is 25.0 Å². The van der Waals surface area contributed by atoms with Crippen molar-refractivity contribution in [3.63, 3.8) is 0 Å². The number of carbonyl (C=O) groups excluding carboxylic acids is 2. The molecule has 184 valence electrons. The van der Waals surface area contributed by atoms with E-state index >= 15 is 0 Å². The molecule has 0 radical (unpaired) electrons. The maximum atomic E-state index is 13.0. The zero-order valence-electron chi connectivity index (χ0n) is 19.1. The van der Waals surface area contributed by atoms with Gasteiger partial charge in [-0.1, -0.05) is 0 Å². The number of halogens is 3. The van der Waals surface area contributed by atoms with Gasteiger partial charge in [-0.2, -0.15) is 13.2 Å². The average molecular weight is 480 g/mol. The number of hydrogen-bond acceptors (Lipinski definition) is 6. The van der Waals surface area contributed by atoms with Crippen molar-refractivity contribution in [1.29, 1.82) is 0 Å². The van der Waals surface area contributed by atoms with Crippen molar-refractivity contribution in [3.05, 3.63) is 35.7 Å². The molecule has 4 rings (SSSR count). The SMILES string of the molecule is COc1nn(C)cc1C(=O)N1CCC(C(=O)N2CCN(c3ccc(C(F)(F)F)cn3)CC2)CC1. The number of likely N-dealkylation sites (tertiary alicyclic amines) is 1. The number of methoxy groups -OCH3 is 1. The monoisotopic (exact) mass is 480 g/mol.